The predicted octanol–water partition coefficient (Wildman–Crippen LogP) is 1.01. The monoisotopic (exact) mass is 315 g/mol. The van der Waals surface area contributed by atoms with E-state index < -0.39 is 6.04 Å². The van der Waals surface area contributed by atoms with Crippen molar-refractivity contribution >= 4 is 11.8 Å². The molecular weight excluding hydrogens is 282 g/mol. The normalized spacial score (nSPS) is 12.5. The molecule has 1 atom stereocenters. The smallest absolute Gasteiger partial charge is 0.242 e. The molecule has 0 saturated heterocycles. The molecule has 0 aromatic carbocycles. The molecule has 22 heavy (non-hydrogen) atoms. The fourth-order valence-electron chi connectivity index (χ4n) is 2.03. The van der Waals surface area contributed by atoms with Gasteiger partial charge in [-0.25, -0.2) is 0 Å². The lowest BCUT2D eigenvalue weighted by molar-refractivity contribution is -0.129. The summed E-state index contributed by atoms with van der Waals surface area (Å²) in [6.07, 6.45) is 2.71. The minimum Gasteiger partial charge on any atom is -0.385 e. The predicted molar refractivity (Wildman–Crippen MR) is 88.7 cm³/mol. The summed E-state index contributed by atoms with van der Waals surface area (Å²) < 4.78 is 4.96. The van der Waals surface area contributed by atoms with E-state index in [0.29, 0.717) is 31.9 Å². The first kappa shape index (κ1) is 20.9. The summed E-state index contributed by atoms with van der Waals surface area (Å²) in [4.78, 5) is 26.2. The van der Waals surface area contributed by atoms with E-state index in [1.165, 1.54) is 0 Å². The second-order valence-corrected chi connectivity index (χ2v) is 6.29. The van der Waals surface area contributed by atoms with E-state index >= 15 is 0 Å². The van der Waals surface area contributed by atoms with Crippen LogP contribution in [0.25, 0.3) is 0 Å². The molecule has 0 aliphatic carbocycles. The van der Waals surface area contributed by atoms with Crippen molar-refractivity contribution in [3.8, 4) is 0 Å². The SMILES string of the molecule is COCCCCC(=O)N[C@@H](CC(C)C)C(=O)NCCN(C)C. The average molecular weight is 315 g/mol. The van der Waals surface area contributed by atoms with Gasteiger partial charge in [-0.2, -0.15) is 0 Å². The van der Waals surface area contributed by atoms with Gasteiger partial charge in [0.1, 0.15) is 6.04 Å². The lowest BCUT2D eigenvalue weighted by atomic mass is 10.0. The fraction of sp³-hybridized carbons (Fsp3) is 0.875. The molecule has 0 rings (SSSR count). The molecule has 0 unspecified atom stereocenters. The quantitative estimate of drug-likeness (QED) is 0.527. The van der Waals surface area contributed by atoms with E-state index in [2.05, 4.69) is 10.6 Å². The summed E-state index contributed by atoms with van der Waals surface area (Å²) >= 11 is 0. The topological polar surface area (TPSA) is 70.7 Å². The molecule has 0 fully saturated rings. The summed E-state index contributed by atoms with van der Waals surface area (Å²) in [5.41, 5.74) is 0. The van der Waals surface area contributed by atoms with Crippen molar-refractivity contribution in [1.82, 2.24) is 15.5 Å². The van der Waals surface area contributed by atoms with Crippen LogP contribution in [-0.4, -0.2) is 63.7 Å². The second-order valence-electron chi connectivity index (χ2n) is 6.29. The van der Waals surface area contributed by atoms with Crippen molar-refractivity contribution in [3.05, 3.63) is 0 Å². The van der Waals surface area contributed by atoms with Gasteiger partial charge in [-0.15, -0.1) is 0 Å². The number of rotatable bonds is 12. The molecular formula is C16H33N3O3. The zero-order valence-corrected chi connectivity index (χ0v) is 14.8. The number of nitrogens with one attached hydrogen (secondary N) is 2. The number of unbranched alkanes of at least 4 members (excludes halogenated alkanes) is 1. The summed E-state index contributed by atoms with van der Waals surface area (Å²) in [5.74, 6) is 0.184. The summed E-state index contributed by atoms with van der Waals surface area (Å²) in [6, 6.07) is -0.447. The highest BCUT2D eigenvalue weighted by Crippen LogP contribution is 2.06. The summed E-state index contributed by atoms with van der Waals surface area (Å²) in [7, 11) is 5.57. The number of nitrogens with zero attached hydrogens (tertiary/aromatic N) is 1. The Labute approximate surface area is 135 Å². The van der Waals surface area contributed by atoms with Crippen molar-refractivity contribution in [2.24, 2.45) is 5.92 Å². The molecule has 0 aromatic rings. The van der Waals surface area contributed by atoms with Crippen LogP contribution in [0.4, 0.5) is 0 Å². The van der Waals surface area contributed by atoms with Gasteiger partial charge in [-0.1, -0.05) is 13.8 Å². The van der Waals surface area contributed by atoms with Crippen LogP contribution in [-0.2, 0) is 14.3 Å². The molecule has 6 heteroatoms. The van der Waals surface area contributed by atoms with Crippen LogP contribution in [0.15, 0.2) is 0 Å². The van der Waals surface area contributed by atoms with Crippen LogP contribution < -0.4 is 10.6 Å². The number of amides is 2. The van der Waals surface area contributed by atoms with E-state index in [1.54, 1.807) is 7.11 Å². The molecule has 0 saturated carbocycles. The van der Waals surface area contributed by atoms with Crippen molar-refractivity contribution in [2.75, 3.05) is 40.9 Å². The Morgan fingerprint density at radius 2 is 1.86 bits per heavy atom. The van der Waals surface area contributed by atoms with Gasteiger partial charge >= 0.3 is 0 Å². The molecule has 6 nitrogen and oxygen atoms in total. The molecule has 130 valence electrons. The van der Waals surface area contributed by atoms with Gasteiger partial charge < -0.3 is 20.3 Å². The molecule has 0 heterocycles. The highest BCUT2D eigenvalue weighted by Gasteiger charge is 2.21. The number of methoxy groups -OCH3 is 1. The molecule has 2 N–H and O–H groups in total. The number of carbonyl (C=O) groups is 2. The van der Waals surface area contributed by atoms with Gasteiger partial charge in [0.05, 0.1) is 0 Å². The highest BCUT2D eigenvalue weighted by atomic mass is 16.5. The van der Waals surface area contributed by atoms with E-state index in [-0.39, 0.29) is 11.8 Å². The van der Waals surface area contributed by atoms with Crippen LogP contribution in [0.2, 0.25) is 0 Å². The summed E-state index contributed by atoms with van der Waals surface area (Å²) in [6.45, 7) is 6.12. The van der Waals surface area contributed by atoms with E-state index in [4.69, 9.17) is 4.74 Å². The van der Waals surface area contributed by atoms with E-state index in [9.17, 15) is 9.59 Å². The first-order valence-corrected chi connectivity index (χ1v) is 8.07. The highest BCUT2D eigenvalue weighted by molar-refractivity contribution is 5.87. The van der Waals surface area contributed by atoms with Gasteiger partial charge in [-0.3, -0.25) is 9.59 Å². The zero-order valence-electron chi connectivity index (χ0n) is 14.8. The van der Waals surface area contributed by atoms with Crippen molar-refractivity contribution < 1.29 is 14.3 Å². The Morgan fingerprint density at radius 3 is 2.41 bits per heavy atom. The Hall–Kier alpha value is -1.14. The molecule has 0 aromatic heterocycles. The first-order valence-electron chi connectivity index (χ1n) is 8.07. The first-order chi connectivity index (χ1) is 10.4. The van der Waals surface area contributed by atoms with Gasteiger partial charge in [-0.05, 0) is 39.3 Å². The van der Waals surface area contributed by atoms with E-state index in [0.717, 1.165) is 19.4 Å². The number of ether oxygens (including phenoxy) is 1. The maximum atomic E-state index is 12.2. The number of carbonyl (C=O) groups excluding carboxylic acids is 2. The van der Waals surface area contributed by atoms with Gasteiger partial charge in [0.25, 0.3) is 0 Å². The number of likely N-dealkylation sites (N-methyl/N-ethyl adjacent to an activating group) is 1. The van der Waals surface area contributed by atoms with Gasteiger partial charge in [0.15, 0.2) is 0 Å². The third-order valence-electron chi connectivity index (χ3n) is 3.22. The van der Waals surface area contributed by atoms with Crippen molar-refractivity contribution in [2.45, 2.75) is 45.6 Å². The standard InChI is InChI=1S/C16H33N3O3/c1-13(2)12-14(16(21)17-9-10-19(3)4)18-15(20)8-6-7-11-22-5/h13-14H,6-12H2,1-5H3,(H,17,21)(H,18,20)/t14-/m0/s1. The largest absolute Gasteiger partial charge is 0.385 e. The minimum atomic E-state index is -0.447. The lowest BCUT2D eigenvalue weighted by Crippen LogP contribution is -2.48. The third kappa shape index (κ3) is 11.5. The van der Waals surface area contributed by atoms with Gasteiger partial charge in [0, 0.05) is 33.2 Å². The van der Waals surface area contributed by atoms with Crippen molar-refractivity contribution in [1.29, 1.82) is 0 Å². The number of hydrogen-bond donors (Lipinski definition) is 2. The molecule has 0 aliphatic heterocycles. The maximum absolute atomic E-state index is 12.2. The Morgan fingerprint density at radius 1 is 1.18 bits per heavy atom. The second kappa shape index (κ2) is 12.4. The zero-order chi connectivity index (χ0) is 17.0. The molecule has 0 aliphatic rings. The molecule has 2 amide bonds. The molecule has 0 spiro atoms. The minimum absolute atomic E-state index is 0.0653. The maximum Gasteiger partial charge on any atom is 0.242 e. The fourth-order valence-corrected chi connectivity index (χ4v) is 2.03. The summed E-state index contributed by atoms with van der Waals surface area (Å²) in [5, 5.41) is 5.74. The average Bonchev–Trinajstić information content (AvgIpc) is 2.42. The molecule has 0 radical (unpaired) electrons. The Kier molecular flexibility index (Phi) is 11.8. The Bertz CT molecular complexity index is 320. The molecule has 0 bridgehead atoms. The van der Waals surface area contributed by atoms with Crippen LogP contribution in [0, 0.1) is 5.92 Å². The van der Waals surface area contributed by atoms with Crippen LogP contribution in [0.5, 0.6) is 0 Å². The van der Waals surface area contributed by atoms with Crippen LogP contribution >= 0.6 is 0 Å². The van der Waals surface area contributed by atoms with Crippen molar-refractivity contribution in [3.63, 3.8) is 0 Å². The lowest BCUT2D eigenvalue weighted by Gasteiger charge is -2.21. The van der Waals surface area contributed by atoms with Crippen LogP contribution in [0.3, 0.4) is 0 Å². The van der Waals surface area contributed by atoms with E-state index in [1.807, 2.05) is 32.8 Å². The third-order valence-corrected chi connectivity index (χ3v) is 3.22. The van der Waals surface area contributed by atoms with Crippen LogP contribution in [0.1, 0.15) is 39.5 Å². The Balaban J connectivity index is 4.25. The van der Waals surface area contributed by atoms with Gasteiger partial charge in [0.2, 0.25) is 11.8 Å². The number of hydrogen-bond acceptors (Lipinski definition) is 4.